The van der Waals surface area contributed by atoms with E-state index >= 15 is 0 Å². The summed E-state index contributed by atoms with van der Waals surface area (Å²) in [7, 11) is 3.62. The van der Waals surface area contributed by atoms with Gasteiger partial charge in [-0.1, -0.05) is 36.4 Å². The first-order valence-corrected chi connectivity index (χ1v) is 14.0. The van der Waals surface area contributed by atoms with Crippen LogP contribution in [0.5, 0.6) is 5.75 Å². The lowest BCUT2D eigenvalue weighted by Crippen LogP contribution is -2.33. The summed E-state index contributed by atoms with van der Waals surface area (Å²) in [5.41, 5.74) is 4.44. The predicted molar refractivity (Wildman–Crippen MR) is 155 cm³/mol. The molecule has 0 saturated heterocycles. The number of para-hydroxylation sites is 1. The first kappa shape index (κ1) is 25.1. The van der Waals surface area contributed by atoms with Gasteiger partial charge in [-0.15, -0.1) is 11.3 Å². The number of carbonyl (C=O) groups is 2. The summed E-state index contributed by atoms with van der Waals surface area (Å²) in [6.45, 7) is 1.16. The molecule has 0 spiro atoms. The number of carbonyl (C=O) groups excluding carboxylic acids is 2. The van der Waals surface area contributed by atoms with E-state index < -0.39 is 0 Å². The van der Waals surface area contributed by atoms with Crippen LogP contribution in [0.1, 0.15) is 44.1 Å². The van der Waals surface area contributed by atoms with E-state index in [0.717, 1.165) is 56.5 Å². The van der Waals surface area contributed by atoms with Crippen molar-refractivity contribution >= 4 is 34.7 Å². The van der Waals surface area contributed by atoms with Crippen LogP contribution in [-0.4, -0.2) is 43.5 Å². The van der Waals surface area contributed by atoms with Gasteiger partial charge in [0.15, 0.2) is 0 Å². The maximum atomic E-state index is 13.9. The molecule has 0 radical (unpaired) electrons. The lowest BCUT2D eigenvalue weighted by Gasteiger charge is -2.24. The summed E-state index contributed by atoms with van der Waals surface area (Å²) in [4.78, 5) is 37.0. The van der Waals surface area contributed by atoms with Crippen LogP contribution in [0, 0.1) is 0 Å². The maximum absolute atomic E-state index is 13.9. The van der Waals surface area contributed by atoms with E-state index in [1.54, 1.807) is 13.2 Å². The number of methoxy groups -OCH3 is 1. The zero-order valence-corrected chi connectivity index (χ0v) is 22.8. The van der Waals surface area contributed by atoms with Gasteiger partial charge in [-0.2, -0.15) is 0 Å². The molecule has 7 nitrogen and oxygen atoms in total. The van der Waals surface area contributed by atoms with Gasteiger partial charge in [-0.3, -0.25) is 9.59 Å². The monoisotopic (exact) mass is 538 g/mol. The molecule has 2 aromatic carbocycles. The minimum atomic E-state index is -0.135. The van der Waals surface area contributed by atoms with Gasteiger partial charge >= 0.3 is 0 Å². The van der Waals surface area contributed by atoms with E-state index in [9.17, 15) is 9.59 Å². The molecule has 2 aromatic heterocycles. The second kappa shape index (κ2) is 10.5. The van der Waals surface area contributed by atoms with E-state index in [2.05, 4.69) is 5.32 Å². The fraction of sp³-hybridized carbons (Fsp3) is 0.258. The Kier molecular flexibility index (Phi) is 6.79. The zero-order valence-electron chi connectivity index (χ0n) is 22.0. The quantitative estimate of drug-likeness (QED) is 0.334. The second-order valence-electron chi connectivity index (χ2n) is 10.0. The van der Waals surface area contributed by atoms with E-state index in [1.165, 1.54) is 11.3 Å². The largest absolute Gasteiger partial charge is 0.497 e. The third-order valence-corrected chi connectivity index (χ3v) is 8.37. The molecule has 2 amide bonds. The molecule has 1 N–H and O–H groups in total. The fourth-order valence-corrected chi connectivity index (χ4v) is 6.03. The minimum Gasteiger partial charge on any atom is -0.497 e. The van der Waals surface area contributed by atoms with Crippen LogP contribution in [0.15, 0.2) is 72.8 Å². The van der Waals surface area contributed by atoms with Gasteiger partial charge in [0.05, 0.1) is 17.7 Å². The van der Waals surface area contributed by atoms with Crippen LogP contribution in [0.4, 0.5) is 11.5 Å². The molecule has 1 aliphatic carbocycles. The predicted octanol–water partition coefficient (Wildman–Crippen LogP) is 5.55. The number of thiophene rings is 1. The maximum Gasteiger partial charge on any atom is 0.276 e. The Bertz CT molecular complexity index is 1530. The smallest absolute Gasteiger partial charge is 0.276 e. The number of anilines is 2. The van der Waals surface area contributed by atoms with Crippen molar-refractivity contribution in [3.8, 4) is 16.2 Å². The van der Waals surface area contributed by atoms with Gasteiger partial charge in [0.1, 0.15) is 17.3 Å². The standard InChI is InChI=1S/C31H30N4O3S/c1-34(19-20-10-14-23(38-2)15-11-20)28-9-5-7-25(33-28)31(37)35-17-16-21-18-27(30(36)32-22-12-13-22)39-29(21)24-6-3-4-8-26(24)35/h3-11,14-15,18,22H,12-13,16-17,19H2,1-2H3,(H,32,36). The number of amides is 2. The normalized spacial score (nSPS) is 14.2. The Labute approximate surface area is 232 Å². The van der Waals surface area contributed by atoms with Gasteiger partial charge in [0.25, 0.3) is 11.8 Å². The summed E-state index contributed by atoms with van der Waals surface area (Å²) in [6, 6.07) is 23.8. The number of nitrogens with one attached hydrogen (secondary N) is 1. The van der Waals surface area contributed by atoms with Crippen LogP contribution in [0.3, 0.4) is 0 Å². The van der Waals surface area contributed by atoms with Gasteiger partial charge in [0, 0.05) is 36.6 Å². The molecule has 39 heavy (non-hydrogen) atoms. The van der Waals surface area contributed by atoms with E-state index in [-0.39, 0.29) is 11.8 Å². The lowest BCUT2D eigenvalue weighted by atomic mass is 10.1. The van der Waals surface area contributed by atoms with Crippen molar-refractivity contribution < 1.29 is 14.3 Å². The topological polar surface area (TPSA) is 74.8 Å². The average Bonchev–Trinajstić information content (AvgIpc) is 3.71. The molecule has 1 saturated carbocycles. The molecule has 1 fully saturated rings. The van der Waals surface area contributed by atoms with Crippen molar-refractivity contribution in [2.24, 2.45) is 0 Å². The molecular weight excluding hydrogens is 508 g/mol. The van der Waals surface area contributed by atoms with Crippen LogP contribution in [0.2, 0.25) is 0 Å². The number of fused-ring (bicyclic) bond motifs is 3. The van der Waals surface area contributed by atoms with E-state index in [1.807, 2.05) is 83.6 Å². The summed E-state index contributed by atoms with van der Waals surface area (Å²) in [6.07, 6.45) is 2.78. The highest BCUT2D eigenvalue weighted by Crippen LogP contribution is 2.42. The highest BCUT2D eigenvalue weighted by Gasteiger charge is 2.29. The molecule has 8 heteroatoms. The number of rotatable bonds is 7. The summed E-state index contributed by atoms with van der Waals surface area (Å²) < 4.78 is 5.25. The second-order valence-corrected chi connectivity index (χ2v) is 11.1. The molecule has 4 aromatic rings. The highest BCUT2D eigenvalue weighted by atomic mass is 32.1. The summed E-state index contributed by atoms with van der Waals surface area (Å²) in [5, 5.41) is 3.09. The van der Waals surface area contributed by atoms with Crippen LogP contribution < -0.4 is 19.9 Å². The molecule has 198 valence electrons. The van der Waals surface area contributed by atoms with Gasteiger partial charge in [-0.25, -0.2) is 4.98 Å². The molecule has 3 heterocycles. The van der Waals surface area contributed by atoms with Crippen molar-refractivity contribution in [3.05, 3.63) is 94.5 Å². The molecule has 0 atom stereocenters. The van der Waals surface area contributed by atoms with Gasteiger partial charge in [-0.05, 0) is 66.8 Å². The average molecular weight is 539 g/mol. The Hall–Kier alpha value is -4.17. The molecule has 2 aliphatic rings. The summed E-state index contributed by atoms with van der Waals surface area (Å²) in [5.74, 6) is 1.41. The first-order valence-electron chi connectivity index (χ1n) is 13.2. The van der Waals surface area contributed by atoms with Crippen LogP contribution >= 0.6 is 11.3 Å². The Morgan fingerprint density at radius 1 is 1.08 bits per heavy atom. The Morgan fingerprint density at radius 3 is 2.64 bits per heavy atom. The number of nitrogens with zero attached hydrogens (tertiary/aromatic N) is 3. The van der Waals surface area contributed by atoms with Crippen molar-refractivity contribution in [1.29, 1.82) is 0 Å². The third-order valence-electron chi connectivity index (χ3n) is 7.16. The number of aromatic nitrogens is 1. The number of ether oxygens (including phenoxy) is 1. The molecule has 6 rings (SSSR count). The van der Waals surface area contributed by atoms with Crippen LogP contribution in [0.25, 0.3) is 10.4 Å². The fourth-order valence-electron chi connectivity index (χ4n) is 4.88. The zero-order chi connectivity index (χ0) is 26.9. The number of hydrogen-bond donors (Lipinski definition) is 1. The summed E-state index contributed by atoms with van der Waals surface area (Å²) >= 11 is 1.51. The highest BCUT2D eigenvalue weighted by molar-refractivity contribution is 7.17. The lowest BCUT2D eigenvalue weighted by molar-refractivity contribution is 0.0952. The molecule has 0 bridgehead atoms. The number of hydrogen-bond acceptors (Lipinski definition) is 6. The third kappa shape index (κ3) is 5.25. The van der Waals surface area contributed by atoms with Gasteiger partial charge < -0.3 is 19.9 Å². The van der Waals surface area contributed by atoms with Crippen molar-refractivity contribution in [3.63, 3.8) is 0 Å². The van der Waals surface area contributed by atoms with E-state index in [4.69, 9.17) is 9.72 Å². The van der Waals surface area contributed by atoms with Crippen molar-refractivity contribution in [1.82, 2.24) is 10.3 Å². The molecular formula is C31H30N4O3S. The van der Waals surface area contributed by atoms with Crippen molar-refractivity contribution in [2.75, 3.05) is 30.5 Å². The van der Waals surface area contributed by atoms with Gasteiger partial charge in [0.2, 0.25) is 0 Å². The van der Waals surface area contributed by atoms with E-state index in [0.29, 0.717) is 31.2 Å². The number of pyridine rings is 1. The number of benzene rings is 2. The SMILES string of the molecule is COc1ccc(CN(C)c2cccc(C(=O)N3CCc4cc(C(=O)NC5CC5)sc4-c4ccccc43)n2)cc1. The Balaban J connectivity index is 1.24. The molecule has 0 unspecified atom stereocenters. The first-order chi connectivity index (χ1) is 19.0. The molecule has 1 aliphatic heterocycles. The van der Waals surface area contributed by atoms with Crippen molar-refractivity contribution in [2.45, 2.75) is 31.8 Å². The van der Waals surface area contributed by atoms with Crippen LogP contribution in [-0.2, 0) is 13.0 Å². The minimum absolute atomic E-state index is 0.000705. The Morgan fingerprint density at radius 2 is 1.87 bits per heavy atom.